The van der Waals surface area contributed by atoms with Gasteiger partial charge in [0.05, 0.1) is 12.0 Å². The van der Waals surface area contributed by atoms with Gasteiger partial charge in [0, 0.05) is 23.0 Å². The molecule has 1 aliphatic rings. The van der Waals surface area contributed by atoms with E-state index in [0.29, 0.717) is 29.2 Å². The fraction of sp³-hybridized carbons (Fsp3) is 0.0952. The summed E-state index contributed by atoms with van der Waals surface area (Å²) >= 11 is 9.04. The van der Waals surface area contributed by atoms with E-state index < -0.39 is 5.97 Å². The first-order valence-corrected chi connectivity index (χ1v) is 9.81. The van der Waals surface area contributed by atoms with Crippen molar-refractivity contribution < 1.29 is 23.6 Å². The summed E-state index contributed by atoms with van der Waals surface area (Å²) in [5.41, 5.74) is 1.26. The molecule has 0 radical (unpaired) electrons. The van der Waals surface area contributed by atoms with E-state index in [4.69, 9.17) is 25.6 Å². The molecule has 6 nitrogen and oxygen atoms in total. The van der Waals surface area contributed by atoms with Gasteiger partial charge in [-0.3, -0.25) is 9.59 Å². The highest BCUT2D eigenvalue weighted by Crippen LogP contribution is 2.35. The van der Waals surface area contributed by atoms with Crippen LogP contribution in [0.5, 0.6) is 11.5 Å². The maximum Gasteiger partial charge on any atom is 0.311 e. The van der Waals surface area contributed by atoms with E-state index in [1.165, 1.54) is 6.07 Å². The molecule has 1 aromatic heterocycles. The standard InChI is InChI=1S/C21H13BrClNO5/c22-13-3-1-12(2-4-13)9-18-21(26)16-7-5-14(10-17(16)28-18)27-20(25)8-6-15-11-19(23)24-29-15/h1-5,7,9-11H,6,8H2/b18-9-. The lowest BCUT2D eigenvalue weighted by Crippen LogP contribution is -2.08. The minimum atomic E-state index is -0.451. The molecule has 0 bridgehead atoms. The number of carbonyl (C=O) groups excluding carboxylic acids is 2. The molecule has 0 spiro atoms. The summed E-state index contributed by atoms with van der Waals surface area (Å²) < 4.78 is 16.9. The molecule has 0 aliphatic carbocycles. The zero-order valence-corrected chi connectivity index (χ0v) is 17.2. The number of allylic oxidation sites excluding steroid dienone is 1. The molecule has 29 heavy (non-hydrogen) atoms. The summed E-state index contributed by atoms with van der Waals surface area (Å²) in [4.78, 5) is 24.6. The van der Waals surface area contributed by atoms with Crippen LogP contribution in [0.15, 0.2) is 63.3 Å². The van der Waals surface area contributed by atoms with Gasteiger partial charge in [0.2, 0.25) is 5.78 Å². The molecule has 0 saturated heterocycles. The quantitative estimate of drug-likeness (QED) is 0.286. The van der Waals surface area contributed by atoms with Crippen LogP contribution in [0.4, 0.5) is 0 Å². The third kappa shape index (κ3) is 4.58. The van der Waals surface area contributed by atoms with E-state index in [1.807, 2.05) is 24.3 Å². The SMILES string of the molecule is O=C(CCc1cc(Cl)no1)Oc1ccc2c(c1)O/C(=C\c1ccc(Br)cc1)C2=O. The highest BCUT2D eigenvalue weighted by Gasteiger charge is 2.28. The highest BCUT2D eigenvalue weighted by molar-refractivity contribution is 9.10. The van der Waals surface area contributed by atoms with Crippen LogP contribution in [0.2, 0.25) is 5.15 Å². The molecular formula is C21H13BrClNO5. The molecule has 0 fully saturated rings. The summed E-state index contributed by atoms with van der Waals surface area (Å²) in [6, 6.07) is 13.7. The molecule has 0 atom stereocenters. The molecule has 2 heterocycles. The van der Waals surface area contributed by atoms with E-state index in [2.05, 4.69) is 21.1 Å². The Balaban J connectivity index is 1.43. The van der Waals surface area contributed by atoms with Crippen molar-refractivity contribution >= 4 is 45.4 Å². The summed E-state index contributed by atoms with van der Waals surface area (Å²) in [6.07, 6.45) is 2.08. The van der Waals surface area contributed by atoms with Crippen molar-refractivity contribution in [2.24, 2.45) is 0 Å². The second-order valence-corrected chi connectivity index (χ2v) is 7.54. The summed E-state index contributed by atoms with van der Waals surface area (Å²) in [7, 11) is 0. The number of ether oxygens (including phenoxy) is 2. The van der Waals surface area contributed by atoms with Gasteiger partial charge in [-0.05, 0) is 35.9 Å². The average Bonchev–Trinajstić information content (AvgIpc) is 3.25. The van der Waals surface area contributed by atoms with Crippen molar-refractivity contribution in [1.29, 1.82) is 0 Å². The summed E-state index contributed by atoms with van der Waals surface area (Å²) in [5, 5.41) is 3.79. The Morgan fingerprint density at radius 3 is 2.69 bits per heavy atom. The molecule has 0 N–H and O–H groups in total. The van der Waals surface area contributed by atoms with Crippen molar-refractivity contribution in [3.63, 3.8) is 0 Å². The molecule has 0 unspecified atom stereocenters. The van der Waals surface area contributed by atoms with Crippen LogP contribution >= 0.6 is 27.5 Å². The number of aromatic nitrogens is 1. The molecule has 1 aliphatic heterocycles. The van der Waals surface area contributed by atoms with Gasteiger partial charge in [-0.25, -0.2) is 0 Å². The normalized spacial score (nSPS) is 14.0. The number of fused-ring (bicyclic) bond motifs is 1. The Morgan fingerprint density at radius 2 is 1.97 bits per heavy atom. The van der Waals surface area contributed by atoms with Crippen molar-refractivity contribution in [2.45, 2.75) is 12.8 Å². The molecule has 4 rings (SSSR count). The Labute approximate surface area is 179 Å². The predicted molar refractivity (Wildman–Crippen MR) is 109 cm³/mol. The van der Waals surface area contributed by atoms with Crippen molar-refractivity contribution in [1.82, 2.24) is 5.16 Å². The monoisotopic (exact) mass is 473 g/mol. The van der Waals surface area contributed by atoms with Crippen molar-refractivity contribution in [3.8, 4) is 11.5 Å². The first-order chi connectivity index (χ1) is 14.0. The van der Waals surface area contributed by atoms with Gasteiger partial charge in [-0.15, -0.1) is 0 Å². The van der Waals surface area contributed by atoms with E-state index in [-0.39, 0.29) is 23.1 Å². The first kappa shape index (κ1) is 19.4. The van der Waals surface area contributed by atoms with Crippen LogP contribution < -0.4 is 9.47 Å². The fourth-order valence-corrected chi connectivity index (χ4v) is 3.17. The van der Waals surface area contributed by atoms with E-state index in [1.54, 1.807) is 24.3 Å². The lowest BCUT2D eigenvalue weighted by atomic mass is 10.1. The van der Waals surface area contributed by atoms with E-state index >= 15 is 0 Å². The summed E-state index contributed by atoms with van der Waals surface area (Å²) in [6.45, 7) is 0. The number of hydrogen-bond donors (Lipinski definition) is 0. The maximum atomic E-state index is 12.5. The smallest absolute Gasteiger partial charge is 0.311 e. The van der Waals surface area contributed by atoms with Crippen LogP contribution in [0.25, 0.3) is 6.08 Å². The Hall–Kier alpha value is -2.90. The zero-order valence-electron chi connectivity index (χ0n) is 14.9. The average molecular weight is 475 g/mol. The Bertz CT molecular complexity index is 1120. The maximum absolute atomic E-state index is 12.5. The number of Topliss-reactive ketones (excluding diaryl/α,β-unsaturated/α-hetero) is 1. The van der Waals surface area contributed by atoms with Crippen LogP contribution in [0, 0.1) is 0 Å². The molecule has 2 aromatic carbocycles. The lowest BCUT2D eigenvalue weighted by molar-refractivity contribution is -0.134. The number of ketones is 1. The number of rotatable bonds is 5. The molecule has 0 amide bonds. The molecular weight excluding hydrogens is 462 g/mol. The fourth-order valence-electron chi connectivity index (χ4n) is 2.75. The topological polar surface area (TPSA) is 78.6 Å². The third-order valence-corrected chi connectivity index (χ3v) is 4.85. The number of nitrogens with zero attached hydrogens (tertiary/aromatic N) is 1. The first-order valence-electron chi connectivity index (χ1n) is 8.63. The summed E-state index contributed by atoms with van der Waals surface area (Å²) in [5.74, 6) is 0.689. The number of hydrogen-bond acceptors (Lipinski definition) is 6. The molecule has 8 heteroatoms. The van der Waals surface area contributed by atoms with Gasteiger partial charge in [-0.2, -0.15) is 0 Å². The van der Waals surface area contributed by atoms with Gasteiger partial charge in [0.25, 0.3) is 0 Å². The predicted octanol–water partition coefficient (Wildman–Crippen LogP) is 5.24. The van der Waals surface area contributed by atoms with Gasteiger partial charge >= 0.3 is 5.97 Å². The molecule has 146 valence electrons. The zero-order chi connectivity index (χ0) is 20.4. The lowest BCUT2D eigenvalue weighted by Gasteiger charge is -2.05. The molecule has 0 saturated carbocycles. The van der Waals surface area contributed by atoms with Gasteiger partial charge in [0.15, 0.2) is 10.9 Å². The number of carbonyl (C=O) groups is 2. The van der Waals surface area contributed by atoms with Crippen LogP contribution in [0.3, 0.4) is 0 Å². The Morgan fingerprint density at radius 1 is 1.17 bits per heavy atom. The van der Waals surface area contributed by atoms with Crippen LogP contribution in [-0.2, 0) is 11.2 Å². The molecule has 3 aromatic rings. The van der Waals surface area contributed by atoms with Crippen LogP contribution in [0.1, 0.15) is 28.1 Å². The van der Waals surface area contributed by atoms with Gasteiger partial charge < -0.3 is 14.0 Å². The minimum absolute atomic E-state index is 0.0944. The minimum Gasteiger partial charge on any atom is -0.452 e. The van der Waals surface area contributed by atoms with Crippen molar-refractivity contribution in [3.05, 3.63) is 80.8 Å². The third-order valence-electron chi connectivity index (χ3n) is 4.15. The van der Waals surface area contributed by atoms with Crippen molar-refractivity contribution in [2.75, 3.05) is 0 Å². The van der Waals surface area contributed by atoms with Gasteiger partial charge in [-0.1, -0.05) is 44.8 Å². The largest absolute Gasteiger partial charge is 0.452 e. The van der Waals surface area contributed by atoms with E-state index in [9.17, 15) is 9.59 Å². The Kier molecular flexibility index (Phi) is 5.51. The highest BCUT2D eigenvalue weighted by atomic mass is 79.9. The van der Waals surface area contributed by atoms with E-state index in [0.717, 1.165) is 10.0 Å². The number of esters is 1. The second-order valence-electron chi connectivity index (χ2n) is 6.24. The second kappa shape index (κ2) is 8.23. The van der Waals surface area contributed by atoms with Gasteiger partial charge in [0.1, 0.15) is 17.3 Å². The van der Waals surface area contributed by atoms with Crippen LogP contribution in [-0.4, -0.2) is 16.9 Å². The number of benzene rings is 2. The number of aryl methyl sites for hydroxylation is 1. The number of halogens is 2.